The van der Waals surface area contributed by atoms with E-state index in [4.69, 9.17) is 11.6 Å². The van der Waals surface area contributed by atoms with E-state index in [-0.39, 0.29) is 18.3 Å². The van der Waals surface area contributed by atoms with Gasteiger partial charge in [-0.3, -0.25) is 4.79 Å². The number of benzene rings is 3. The van der Waals surface area contributed by atoms with Crippen LogP contribution in [-0.4, -0.2) is 26.3 Å². The molecule has 152 valence electrons. The molecule has 3 aromatic carbocycles. The number of thioether (sulfide) groups is 1. The van der Waals surface area contributed by atoms with Gasteiger partial charge in [0.15, 0.2) is 5.16 Å². The van der Waals surface area contributed by atoms with Crippen LogP contribution in [-0.2, 0) is 17.9 Å². The summed E-state index contributed by atoms with van der Waals surface area (Å²) in [7, 11) is 0. The summed E-state index contributed by atoms with van der Waals surface area (Å²) in [5.74, 6) is 0.106. The number of imidazole rings is 1. The molecule has 0 unspecified atom stereocenters. The summed E-state index contributed by atoms with van der Waals surface area (Å²) in [6.07, 6.45) is 1.81. The molecule has 0 aliphatic rings. The topological polar surface area (TPSA) is 67.1 Å². The Morgan fingerprint density at radius 3 is 2.63 bits per heavy atom. The van der Waals surface area contributed by atoms with Gasteiger partial charge < -0.3 is 15.0 Å². The molecule has 2 N–H and O–H groups in total. The van der Waals surface area contributed by atoms with E-state index in [1.807, 2.05) is 71.3 Å². The zero-order valence-electron chi connectivity index (χ0n) is 16.1. The molecule has 0 fully saturated rings. The summed E-state index contributed by atoms with van der Waals surface area (Å²) >= 11 is 7.30. The van der Waals surface area contributed by atoms with Gasteiger partial charge in [0, 0.05) is 28.8 Å². The maximum Gasteiger partial charge on any atom is 0.234 e. The Kier molecular flexibility index (Phi) is 6.38. The standard InChI is InChI=1S/C23H20ClN3O2S/c24-18-10-8-16(9-11-18)12-27-13-19(14-28)25-23(27)30-15-22(29)26-21-7-3-5-17-4-1-2-6-20(17)21/h1-11,13,28H,12,14-15H2,(H,26,29). The second-order valence-corrected chi connectivity index (χ2v) is 8.17. The normalized spacial score (nSPS) is 11.0. The van der Waals surface area contributed by atoms with Crippen molar-refractivity contribution in [3.63, 3.8) is 0 Å². The van der Waals surface area contributed by atoms with E-state index in [0.717, 1.165) is 22.0 Å². The Morgan fingerprint density at radius 1 is 1.07 bits per heavy atom. The molecule has 0 saturated heterocycles. The number of anilines is 1. The maximum atomic E-state index is 12.6. The Morgan fingerprint density at radius 2 is 1.83 bits per heavy atom. The molecule has 0 bridgehead atoms. The van der Waals surface area contributed by atoms with E-state index in [2.05, 4.69) is 10.3 Å². The second kappa shape index (κ2) is 9.34. The average Bonchev–Trinajstić information content (AvgIpc) is 3.16. The van der Waals surface area contributed by atoms with Crippen molar-refractivity contribution in [3.05, 3.63) is 89.2 Å². The van der Waals surface area contributed by atoms with Crippen molar-refractivity contribution in [2.75, 3.05) is 11.1 Å². The molecule has 5 nitrogen and oxygen atoms in total. The number of aromatic nitrogens is 2. The fourth-order valence-corrected chi connectivity index (χ4v) is 4.12. The summed E-state index contributed by atoms with van der Waals surface area (Å²) < 4.78 is 1.94. The average molecular weight is 438 g/mol. The highest BCUT2D eigenvalue weighted by atomic mass is 35.5. The van der Waals surface area contributed by atoms with Gasteiger partial charge in [0.25, 0.3) is 0 Å². The van der Waals surface area contributed by atoms with Gasteiger partial charge in [0.05, 0.1) is 18.1 Å². The Hall–Kier alpha value is -2.80. The quantitative estimate of drug-likeness (QED) is 0.401. The molecule has 30 heavy (non-hydrogen) atoms. The monoisotopic (exact) mass is 437 g/mol. The first-order valence-electron chi connectivity index (χ1n) is 9.44. The fourth-order valence-electron chi connectivity index (χ4n) is 3.19. The first-order valence-corrected chi connectivity index (χ1v) is 10.8. The predicted octanol–water partition coefficient (Wildman–Crippen LogP) is 4.96. The highest BCUT2D eigenvalue weighted by Crippen LogP contribution is 2.24. The van der Waals surface area contributed by atoms with Crippen molar-refractivity contribution in [3.8, 4) is 0 Å². The third kappa shape index (κ3) is 4.84. The lowest BCUT2D eigenvalue weighted by Crippen LogP contribution is -2.15. The minimum atomic E-state index is -0.149. The lowest BCUT2D eigenvalue weighted by Gasteiger charge is -2.10. The zero-order valence-corrected chi connectivity index (χ0v) is 17.7. The number of amides is 1. The van der Waals surface area contributed by atoms with Crippen molar-refractivity contribution in [2.45, 2.75) is 18.3 Å². The number of aliphatic hydroxyl groups excluding tert-OH is 1. The fraction of sp³-hybridized carbons (Fsp3) is 0.130. The van der Waals surface area contributed by atoms with Gasteiger partial charge >= 0.3 is 0 Å². The summed E-state index contributed by atoms with van der Waals surface area (Å²) in [5, 5.41) is 15.9. The van der Waals surface area contributed by atoms with Crippen LogP contribution in [0.4, 0.5) is 5.69 Å². The summed E-state index contributed by atoms with van der Waals surface area (Å²) in [4.78, 5) is 17.0. The van der Waals surface area contributed by atoms with Gasteiger partial charge in [0.2, 0.25) is 5.91 Å². The molecule has 1 amide bonds. The lowest BCUT2D eigenvalue weighted by molar-refractivity contribution is -0.113. The van der Waals surface area contributed by atoms with Gasteiger partial charge in [-0.2, -0.15) is 0 Å². The number of carbonyl (C=O) groups is 1. The van der Waals surface area contributed by atoms with Gasteiger partial charge in [-0.25, -0.2) is 4.98 Å². The Bertz CT molecular complexity index is 1170. The summed E-state index contributed by atoms with van der Waals surface area (Å²) in [5.41, 5.74) is 2.42. The molecular formula is C23H20ClN3O2S. The lowest BCUT2D eigenvalue weighted by atomic mass is 10.1. The van der Waals surface area contributed by atoms with Crippen LogP contribution in [0.5, 0.6) is 0 Å². The number of carbonyl (C=O) groups excluding carboxylic acids is 1. The van der Waals surface area contributed by atoms with Crippen molar-refractivity contribution >= 4 is 45.7 Å². The molecular weight excluding hydrogens is 418 g/mol. The van der Waals surface area contributed by atoms with Crippen LogP contribution >= 0.6 is 23.4 Å². The molecule has 0 radical (unpaired) electrons. The summed E-state index contributed by atoms with van der Waals surface area (Å²) in [6, 6.07) is 21.4. The van der Waals surface area contributed by atoms with Crippen molar-refractivity contribution in [1.82, 2.24) is 9.55 Å². The highest BCUT2D eigenvalue weighted by Gasteiger charge is 2.12. The molecule has 7 heteroatoms. The van der Waals surface area contributed by atoms with Crippen molar-refractivity contribution in [1.29, 1.82) is 0 Å². The van der Waals surface area contributed by atoms with E-state index in [1.165, 1.54) is 11.8 Å². The highest BCUT2D eigenvalue weighted by molar-refractivity contribution is 7.99. The van der Waals surface area contributed by atoms with Crippen LogP contribution in [0.15, 0.2) is 78.1 Å². The van der Waals surface area contributed by atoms with E-state index < -0.39 is 0 Å². The number of nitrogens with one attached hydrogen (secondary N) is 1. The zero-order chi connectivity index (χ0) is 20.9. The van der Waals surface area contributed by atoms with E-state index in [1.54, 1.807) is 6.20 Å². The molecule has 0 spiro atoms. The molecule has 1 heterocycles. The number of aliphatic hydroxyl groups is 1. The number of rotatable bonds is 7. The van der Waals surface area contributed by atoms with Crippen LogP contribution in [0.3, 0.4) is 0 Å². The molecule has 0 saturated carbocycles. The number of nitrogens with zero attached hydrogens (tertiary/aromatic N) is 2. The van der Waals surface area contributed by atoms with E-state index >= 15 is 0 Å². The third-order valence-corrected chi connectivity index (χ3v) is 5.86. The number of hydrogen-bond acceptors (Lipinski definition) is 4. The number of hydrogen-bond donors (Lipinski definition) is 2. The Labute approximate surface area is 183 Å². The van der Waals surface area contributed by atoms with Gasteiger partial charge in [-0.15, -0.1) is 0 Å². The third-order valence-electron chi connectivity index (χ3n) is 4.61. The minimum Gasteiger partial charge on any atom is -0.390 e. The first-order chi connectivity index (χ1) is 14.6. The molecule has 0 aliphatic heterocycles. The Balaban J connectivity index is 1.45. The van der Waals surface area contributed by atoms with Gasteiger partial charge in [0.1, 0.15) is 0 Å². The molecule has 1 aromatic heterocycles. The predicted molar refractivity (Wildman–Crippen MR) is 122 cm³/mol. The van der Waals surface area contributed by atoms with Gasteiger partial charge in [-0.05, 0) is 29.1 Å². The number of halogens is 1. The van der Waals surface area contributed by atoms with E-state index in [0.29, 0.717) is 22.4 Å². The van der Waals surface area contributed by atoms with Crippen molar-refractivity contribution in [2.24, 2.45) is 0 Å². The van der Waals surface area contributed by atoms with Gasteiger partial charge in [-0.1, -0.05) is 71.9 Å². The molecule has 4 aromatic rings. The maximum absolute atomic E-state index is 12.6. The van der Waals surface area contributed by atoms with Crippen LogP contribution in [0.25, 0.3) is 10.8 Å². The molecule has 0 aliphatic carbocycles. The summed E-state index contributed by atoms with van der Waals surface area (Å²) in [6.45, 7) is 0.431. The SMILES string of the molecule is O=C(CSc1nc(CO)cn1Cc1ccc(Cl)cc1)Nc1cccc2ccccc12. The minimum absolute atomic E-state index is 0.108. The molecule has 0 atom stereocenters. The second-order valence-electron chi connectivity index (χ2n) is 6.79. The van der Waals surface area contributed by atoms with Crippen LogP contribution in [0.2, 0.25) is 5.02 Å². The number of fused-ring (bicyclic) bond motifs is 1. The van der Waals surface area contributed by atoms with Crippen LogP contribution < -0.4 is 5.32 Å². The first kappa shape index (κ1) is 20.5. The van der Waals surface area contributed by atoms with Crippen LogP contribution in [0, 0.1) is 0 Å². The largest absolute Gasteiger partial charge is 0.390 e. The van der Waals surface area contributed by atoms with Crippen molar-refractivity contribution < 1.29 is 9.90 Å². The van der Waals surface area contributed by atoms with E-state index in [9.17, 15) is 9.90 Å². The molecule has 4 rings (SSSR count). The smallest absolute Gasteiger partial charge is 0.234 e. The van der Waals surface area contributed by atoms with Crippen LogP contribution in [0.1, 0.15) is 11.3 Å².